The molecule has 1 saturated heterocycles. The average molecular weight is 339 g/mol. The summed E-state index contributed by atoms with van der Waals surface area (Å²) < 4.78 is 0. The Hall–Kier alpha value is -2.96. The first-order valence-corrected chi connectivity index (χ1v) is 8.27. The Balaban J connectivity index is 1.84. The van der Waals surface area contributed by atoms with Gasteiger partial charge in [0.05, 0.1) is 6.04 Å². The lowest BCUT2D eigenvalue weighted by atomic mass is 10.1. The summed E-state index contributed by atoms with van der Waals surface area (Å²) >= 11 is 0. The topological polar surface area (TPSA) is 87.2 Å². The molecule has 1 aliphatic heterocycles. The van der Waals surface area contributed by atoms with Gasteiger partial charge in [-0.15, -0.1) is 0 Å². The fourth-order valence-electron chi connectivity index (χ4n) is 3.13. The zero-order chi connectivity index (χ0) is 17.8. The van der Waals surface area contributed by atoms with E-state index >= 15 is 0 Å². The SMILES string of the molecule is CNc1cc(C2CCCN2C(=O)c2ccnc(NC(C)=O)c2)ccn1. The van der Waals surface area contributed by atoms with Crippen LogP contribution < -0.4 is 10.6 Å². The molecule has 7 nitrogen and oxygen atoms in total. The summed E-state index contributed by atoms with van der Waals surface area (Å²) in [6.07, 6.45) is 5.17. The summed E-state index contributed by atoms with van der Waals surface area (Å²) in [4.78, 5) is 34.3. The maximum Gasteiger partial charge on any atom is 0.254 e. The van der Waals surface area contributed by atoms with Crippen LogP contribution in [-0.4, -0.2) is 40.3 Å². The molecule has 3 rings (SSSR count). The van der Waals surface area contributed by atoms with Crippen LogP contribution in [-0.2, 0) is 4.79 Å². The van der Waals surface area contributed by atoms with Crippen molar-refractivity contribution in [2.75, 3.05) is 24.2 Å². The molecule has 2 aromatic heterocycles. The summed E-state index contributed by atoms with van der Waals surface area (Å²) in [6, 6.07) is 7.25. The predicted octanol–water partition coefficient (Wildman–Crippen LogP) is 2.45. The number of rotatable bonds is 4. The zero-order valence-corrected chi connectivity index (χ0v) is 14.3. The number of aromatic nitrogens is 2. The van der Waals surface area contributed by atoms with Crippen LogP contribution in [0.5, 0.6) is 0 Å². The molecule has 1 aliphatic rings. The van der Waals surface area contributed by atoms with Crippen molar-refractivity contribution in [3.63, 3.8) is 0 Å². The Bertz CT molecular complexity index is 793. The smallest absolute Gasteiger partial charge is 0.254 e. The van der Waals surface area contributed by atoms with Gasteiger partial charge in [0.25, 0.3) is 5.91 Å². The van der Waals surface area contributed by atoms with Gasteiger partial charge < -0.3 is 15.5 Å². The van der Waals surface area contributed by atoms with E-state index < -0.39 is 0 Å². The summed E-state index contributed by atoms with van der Waals surface area (Å²) in [5.74, 6) is 0.899. The summed E-state index contributed by atoms with van der Waals surface area (Å²) in [7, 11) is 1.82. The van der Waals surface area contributed by atoms with E-state index in [1.165, 1.54) is 13.1 Å². The lowest BCUT2D eigenvalue weighted by Gasteiger charge is -2.25. The monoisotopic (exact) mass is 339 g/mol. The first-order chi connectivity index (χ1) is 12.1. The normalized spacial score (nSPS) is 16.6. The number of pyridine rings is 2. The Morgan fingerprint density at radius 3 is 2.68 bits per heavy atom. The fourth-order valence-corrected chi connectivity index (χ4v) is 3.13. The fraction of sp³-hybridized carbons (Fsp3) is 0.333. The largest absolute Gasteiger partial charge is 0.373 e. The lowest BCUT2D eigenvalue weighted by Crippen LogP contribution is -2.30. The Labute approximate surface area is 146 Å². The van der Waals surface area contributed by atoms with Crippen molar-refractivity contribution in [2.45, 2.75) is 25.8 Å². The quantitative estimate of drug-likeness (QED) is 0.893. The molecule has 1 unspecified atom stereocenters. The van der Waals surface area contributed by atoms with E-state index in [0.717, 1.165) is 24.2 Å². The Morgan fingerprint density at radius 2 is 1.92 bits per heavy atom. The molecule has 0 radical (unpaired) electrons. The van der Waals surface area contributed by atoms with Crippen LogP contribution in [0.2, 0.25) is 0 Å². The zero-order valence-electron chi connectivity index (χ0n) is 14.3. The summed E-state index contributed by atoms with van der Waals surface area (Å²) in [5.41, 5.74) is 1.59. The Morgan fingerprint density at radius 1 is 1.16 bits per heavy atom. The Kier molecular flexibility index (Phi) is 4.92. The number of likely N-dealkylation sites (tertiary alicyclic amines) is 1. The van der Waals surface area contributed by atoms with Crippen LogP contribution >= 0.6 is 0 Å². The standard InChI is InChI=1S/C18H21N5O2/c1-12(24)22-17-11-14(6-8-21-17)18(25)23-9-3-4-15(23)13-5-7-20-16(10-13)19-2/h5-8,10-11,15H,3-4,9H2,1-2H3,(H,19,20)(H,21,22,24). The van der Waals surface area contributed by atoms with E-state index in [1.807, 2.05) is 24.1 Å². The first kappa shape index (κ1) is 16.9. The number of nitrogens with zero attached hydrogens (tertiary/aromatic N) is 3. The van der Waals surface area contributed by atoms with E-state index in [0.29, 0.717) is 17.9 Å². The van der Waals surface area contributed by atoms with Gasteiger partial charge in [-0.1, -0.05) is 0 Å². The van der Waals surface area contributed by atoms with Gasteiger partial charge in [0.1, 0.15) is 11.6 Å². The van der Waals surface area contributed by atoms with Crippen molar-refractivity contribution in [1.82, 2.24) is 14.9 Å². The molecule has 25 heavy (non-hydrogen) atoms. The second-order valence-corrected chi connectivity index (χ2v) is 5.99. The van der Waals surface area contributed by atoms with E-state index in [9.17, 15) is 9.59 Å². The molecule has 7 heteroatoms. The molecular formula is C18H21N5O2. The van der Waals surface area contributed by atoms with Gasteiger partial charge in [0.2, 0.25) is 5.91 Å². The van der Waals surface area contributed by atoms with Gasteiger partial charge in [-0.2, -0.15) is 0 Å². The molecular weight excluding hydrogens is 318 g/mol. The van der Waals surface area contributed by atoms with Crippen molar-refractivity contribution >= 4 is 23.5 Å². The number of anilines is 2. The highest BCUT2D eigenvalue weighted by Crippen LogP contribution is 2.33. The third-order valence-corrected chi connectivity index (χ3v) is 4.25. The summed E-state index contributed by atoms with van der Waals surface area (Å²) in [6.45, 7) is 2.12. The van der Waals surface area contributed by atoms with Crippen LogP contribution in [0.25, 0.3) is 0 Å². The molecule has 1 fully saturated rings. The predicted molar refractivity (Wildman–Crippen MR) is 95.3 cm³/mol. The number of hydrogen-bond donors (Lipinski definition) is 2. The van der Waals surface area contributed by atoms with Crippen molar-refractivity contribution in [1.29, 1.82) is 0 Å². The van der Waals surface area contributed by atoms with Gasteiger partial charge in [-0.3, -0.25) is 9.59 Å². The average Bonchev–Trinajstić information content (AvgIpc) is 3.10. The van der Waals surface area contributed by atoms with Gasteiger partial charge in [-0.05, 0) is 42.7 Å². The van der Waals surface area contributed by atoms with Gasteiger partial charge in [0, 0.05) is 38.5 Å². The van der Waals surface area contributed by atoms with Crippen LogP contribution in [0, 0.1) is 0 Å². The molecule has 0 saturated carbocycles. The van der Waals surface area contributed by atoms with Gasteiger partial charge >= 0.3 is 0 Å². The van der Waals surface area contributed by atoms with Gasteiger partial charge in [-0.25, -0.2) is 9.97 Å². The molecule has 1 atom stereocenters. The molecule has 130 valence electrons. The van der Waals surface area contributed by atoms with E-state index in [1.54, 1.807) is 18.3 Å². The highest BCUT2D eigenvalue weighted by molar-refractivity contribution is 5.96. The summed E-state index contributed by atoms with van der Waals surface area (Å²) in [5, 5.41) is 5.64. The minimum atomic E-state index is -0.215. The van der Waals surface area contributed by atoms with Crippen molar-refractivity contribution in [2.24, 2.45) is 0 Å². The number of carbonyl (C=O) groups is 2. The third-order valence-electron chi connectivity index (χ3n) is 4.25. The maximum atomic E-state index is 13.0. The van der Waals surface area contributed by atoms with Crippen molar-refractivity contribution in [3.8, 4) is 0 Å². The second-order valence-electron chi connectivity index (χ2n) is 5.99. The van der Waals surface area contributed by atoms with Crippen LogP contribution in [0.1, 0.15) is 41.7 Å². The molecule has 0 aromatic carbocycles. The van der Waals surface area contributed by atoms with E-state index in [4.69, 9.17) is 0 Å². The number of nitrogens with one attached hydrogen (secondary N) is 2. The van der Waals surface area contributed by atoms with Gasteiger partial charge in [0.15, 0.2) is 0 Å². The molecule has 3 heterocycles. The maximum absolute atomic E-state index is 13.0. The number of carbonyl (C=O) groups excluding carboxylic acids is 2. The molecule has 2 aromatic rings. The molecule has 0 aliphatic carbocycles. The molecule has 0 bridgehead atoms. The highest BCUT2D eigenvalue weighted by atomic mass is 16.2. The van der Waals surface area contributed by atoms with Crippen LogP contribution in [0.4, 0.5) is 11.6 Å². The molecule has 0 spiro atoms. The van der Waals surface area contributed by atoms with E-state index in [-0.39, 0.29) is 17.9 Å². The van der Waals surface area contributed by atoms with Crippen LogP contribution in [0.3, 0.4) is 0 Å². The second kappa shape index (κ2) is 7.29. The number of amides is 2. The third kappa shape index (κ3) is 3.76. The minimum Gasteiger partial charge on any atom is -0.373 e. The van der Waals surface area contributed by atoms with Crippen molar-refractivity contribution < 1.29 is 9.59 Å². The lowest BCUT2D eigenvalue weighted by molar-refractivity contribution is -0.114. The highest BCUT2D eigenvalue weighted by Gasteiger charge is 2.31. The van der Waals surface area contributed by atoms with Crippen LogP contribution in [0.15, 0.2) is 36.7 Å². The van der Waals surface area contributed by atoms with Crippen molar-refractivity contribution in [3.05, 3.63) is 47.8 Å². The molecule has 2 N–H and O–H groups in total. The number of hydrogen-bond acceptors (Lipinski definition) is 5. The minimum absolute atomic E-state index is 0.0278. The molecule has 2 amide bonds. The first-order valence-electron chi connectivity index (χ1n) is 8.27. The van der Waals surface area contributed by atoms with E-state index in [2.05, 4.69) is 20.6 Å².